The van der Waals surface area contributed by atoms with Crippen molar-refractivity contribution in [1.82, 2.24) is 0 Å². The first-order valence-corrected chi connectivity index (χ1v) is 4.17. The van der Waals surface area contributed by atoms with Gasteiger partial charge in [-0.3, -0.25) is 0 Å². The summed E-state index contributed by atoms with van der Waals surface area (Å²) in [4.78, 5) is 0. The molecule has 0 saturated heterocycles. The molecule has 12 heavy (non-hydrogen) atoms. The first kappa shape index (κ1) is 9.01. The van der Waals surface area contributed by atoms with Crippen LogP contribution in [-0.2, 0) is 0 Å². The molecule has 1 aliphatic rings. The Hall–Kier alpha value is -1.08. The van der Waals surface area contributed by atoms with Crippen molar-refractivity contribution in [2.24, 2.45) is 0 Å². The average molecular weight is 162 g/mol. The molecule has 0 aromatic carbocycles. The predicted octanol–water partition coefficient (Wildman–Crippen LogP) is 2.37. The van der Waals surface area contributed by atoms with E-state index in [0.717, 1.165) is 24.0 Å². The summed E-state index contributed by atoms with van der Waals surface area (Å²) < 4.78 is 0. The number of aliphatic hydroxyl groups excluding tert-OH is 1. The lowest BCUT2D eigenvalue weighted by Crippen LogP contribution is -1.97. The molecule has 0 heterocycles. The van der Waals surface area contributed by atoms with E-state index in [1.807, 2.05) is 12.2 Å². The van der Waals surface area contributed by atoms with Gasteiger partial charge in [0.25, 0.3) is 0 Å². The van der Waals surface area contributed by atoms with Gasteiger partial charge in [-0.2, -0.15) is 0 Å². The van der Waals surface area contributed by atoms with Crippen LogP contribution in [0.5, 0.6) is 0 Å². The molecule has 0 atom stereocenters. The monoisotopic (exact) mass is 162 g/mol. The van der Waals surface area contributed by atoms with Crippen molar-refractivity contribution in [3.63, 3.8) is 0 Å². The third-order valence-electron chi connectivity index (χ3n) is 1.92. The van der Waals surface area contributed by atoms with Gasteiger partial charge in [0, 0.05) is 0 Å². The third-order valence-corrected chi connectivity index (χ3v) is 1.92. The van der Waals surface area contributed by atoms with Gasteiger partial charge in [-0.25, -0.2) is 0 Å². The first-order chi connectivity index (χ1) is 5.88. The first-order valence-electron chi connectivity index (χ1n) is 4.17. The number of aliphatic hydroxyl groups is 1. The molecule has 64 valence electrons. The van der Waals surface area contributed by atoms with E-state index in [2.05, 4.69) is 18.7 Å². The molecule has 1 rings (SSSR count). The normalized spacial score (nSPS) is 17.4. The Morgan fingerprint density at radius 2 is 2.42 bits per heavy atom. The highest BCUT2D eigenvalue weighted by Gasteiger charge is 2.03. The lowest BCUT2D eigenvalue weighted by atomic mass is 9.98. The van der Waals surface area contributed by atoms with E-state index in [1.165, 1.54) is 0 Å². The quantitative estimate of drug-likeness (QED) is 0.632. The van der Waals surface area contributed by atoms with Crippen molar-refractivity contribution >= 4 is 0 Å². The largest absolute Gasteiger partial charge is 0.392 e. The van der Waals surface area contributed by atoms with Crippen LogP contribution in [0, 0.1) is 0 Å². The van der Waals surface area contributed by atoms with Gasteiger partial charge in [0.1, 0.15) is 0 Å². The summed E-state index contributed by atoms with van der Waals surface area (Å²) in [5.74, 6) is 0. The zero-order valence-electron chi connectivity index (χ0n) is 7.16. The van der Waals surface area contributed by atoms with Crippen molar-refractivity contribution in [2.45, 2.75) is 12.8 Å². The molecule has 0 aromatic rings. The molecular weight excluding hydrogens is 148 g/mol. The molecule has 0 saturated carbocycles. The van der Waals surface area contributed by atoms with Crippen LogP contribution >= 0.6 is 0 Å². The minimum atomic E-state index is 0.168. The highest BCUT2D eigenvalue weighted by molar-refractivity contribution is 5.39. The number of hydrogen-bond acceptors (Lipinski definition) is 1. The Morgan fingerprint density at radius 1 is 1.58 bits per heavy atom. The van der Waals surface area contributed by atoms with Crippen molar-refractivity contribution in [3.8, 4) is 0 Å². The second-order valence-electron chi connectivity index (χ2n) is 2.75. The Labute approximate surface area is 73.4 Å². The SMILES string of the molecule is C=C/C=C\C1=C(CO)CCC=C1. The van der Waals surface area contributed by atoms with Crippen LogP contribution in [0.15, 0.2) is 48.1 Å². The topological polar surface area (TPSA) is 20.2 Å². The van der Waals surface area contributed by atoms with Gasteiger partial charge in [0.05, 0.1) is 6.61 Å². The lowest BCUT2D eigenvalue weighted by molar-refractivity contribution is 0.325. The second-order valence-corrected chi connectivity index (χ2v) is 2.75. The van der Waals surface area contributed by atoms with Crippen molar-refractivity contribution in [2.75, 3.05) is 6.61 Å². The fourth-order valence-corrected chi connectivity index (χ4v) is 1.25. The maximum Gasteiger partial charge on any atom is 0.0650 e. The van der Waals surface area contributed by atoms with Crippen molar-refractivity contribution < 1.29 is 5.11 Å². The molecule has 1 aliphatic carbocycles. The molecule has 0 radical (unpaired) electrons. The van der Waals surface area contributed by atoms with E-state index in [4.69, 9.17) is 5.11 Å². The fourth-order valence-electron chi connectivity index (χ4n) is 1.25. The summed E-state index contributed by atoms with van der Waals surface area (Å²) in [6, 6.07) is 0. The van der Waals surface area contributed by atoms with Crippen LogP contribution in [0.1, 0.15) is 12.8 Å². The molecule has 0 amide bonds. The fraction of sp³-hybridized carbons (Fsp3) is 0.273. The van der Waals surface area contributed by atoms with Crippen LogP contribution in [0.2, 0.25) is 0 Å². The van der Waals surface area contributed by atoms with Gasteiger partial charge >= 0.3 is 0 Å². The van der Waals surface area contributed by atoms with E-state index < -0.39 is 0 Å². The minimum absolute atomic E-state index is 0.168. The molecule has 0 bridgehead atoms. The lowest BCUT2D eigenvalue weighted by Gasteiger charge is -2.10. The maximum absolute atomic E-state index is 9.01. The number of allylic oxidation sites excluding steroid dienone is 6. The molecule has 1 heteroatoms. The summed E-state index contributed by atoms with van der Waals surface area (Å²) in [6.45, 7) is 3.77. The van der Waals surface area contributed by atoms with Crippen LogP contribution in [0.25, 0.3) is 0 Å². The maximum atomic E-state index is 9.01. The standard InChI is InChI=1S/C11H14O/c1-2-3-6-10-7-4-5-8-11(10)9-12/h2-4,6-7,12H,1,5,8-9H2/b6-3-. The van der Waals surface area contributed by atoms with Gasteiger partial charge < -0.3 is 5.11 Å². The molecule has 0 unspecified atom stereocenters. The van der Waals surface area contributed by atoms with Gasteiger partial charge in [-0.1, -0.05) is 37.0 Å². The molecule has 0 aliphatic heterocycles. The van der Waals surface area contributed by atoms with Crippen LogP contribution in [-0.4, -0.2) is 11.7 Å². The Balaban J connectivity index is 2.80. The molecule has 1 N–H and O–H groups in total. The van der Waals surface area contributed by atoms with E-state index in [9.17, 15) is 0 Å². The Kier molecular flexibility index (Phi) is 3.55. The predicted molar refractivity (Wildman–Crippen MR) is 51.8 cm³/mol. The second kappa shape index (κ2) is 4.73. The Bertz CT molecular complexity index is 244. The summed E-state index contributed by atoms with van der Waals surface area (Å²) in [5, 5.41) is 9.01. The number of hydrogen-bond donors (Lipinski definition) is 1. The van der Waals surface area contributed by atoms with Gasteiger partial charge in [-0.15, -0.1) is 0 Å². The highest BCUT2D eigenvalue weighted by Crippen LogP contribution is 2.19. The van der Waals surface area contributed by atoms with Gasteiger partial charge in [0.2, 0.25) is 0 Å². The molecular formula is C11H14O. The Morgan fingerprint density at radius 3 is 3.08 bits per heavy atom. The van der Waals surface area contributed by atoms with E-state index in [0.29, 0.717) is 0 Å². The highest BCUT2D eigenvalue weighted by atomic mass is 16.3. The van der Waals surface area contributed by atoms with E-state index >= 15 is 0 Å². The van der Waals surface area contributed by atoms with E-state index in [-0.39, 0.29) is 6.61 Å². The summed E-state index contributed by atoms with van der Waals surface area (Å²) in [6.07, 6.45) is 11.8. The van der Waals surface area contributed by atoms with Crippen molar-refractivity contribution in [3.05, 3.63) is 48.1 Å². The van der Waals surface area contributed by atoms with Gasteiger partial charge in [-0.05, 0) is 24.0 Å². The summed E-state index contributed by atoms with van der Waals surface area (Å²) in [5.41, 5.74) is 2.25. The molecule has 0 fully saturated rings. The smallest absolute Gasteiger partial charge is 0.0650 e. The van der Waals surface area contributed by atoms with Crippen LogP contribution in [0.3, 0.4) is 0 Å². The zero-order valence-corrected chi connectivity index (χ0v) is 7.16. The van der Waals surface area contributed by atoms with Crippen molar-refractivity contribution in [1.29, 1.82) is 0 Å². The minimum Gasteiger partial charge on any atom is -0.392 e. The molecule has 0 aromatic heterocycles. The van der Waals surface area contributed by atoms with Crippen LogP contribution < -0.4 is 0 Å². The summed E-state index contributed by atoms with van der Waals surface area (Å²) >= 11 is 0. The third kappa shape index (κ3) is 2.21. The molecule has 0 spiro atoms. The van der Waals surface area contributed by atoms with Crippen LogP contribution in [0.4, 0.5) is 0 Å². The zero-order chi connectivity index (χ0) is 8.81. The summed E-state index contributed by atoms with van der Waals surface area (Å²) in [7, 11) is 0. The number of rotatable bonds is 3. The van der Waals surface area contributed by atoms with E-state index in [1.54, 1.807) is 6.08 Å². The van der Waals surface area contributed by atoms with Gasteiger partial charge in [0.15, 0.2) is 0 Å². The molecule has 1 nitrogen and oxygen atoms in total. The average Bonchev–Trinajstić information content (AvgIpc) is 2.15.